The number of hydrogen-bond donors (Lipinski definition) is 2. The Labute approximate surface area is 65.2 Å². The quantitative estimate of drug-likeness (QED) is 0.549. The molecule has 0 heterocycles. The Morgan fingerprint density at radius 2 is 1.64 bits per heavy atom. The Morgan fingerprint density at radius 3 is 1.73 bits per heavy atom. The Bertz CT molecular complexity index is 218. The average Bonchev–Trinajstić information content (AvgIpc) is 1.88. The first-order chi connectivity index (χ1) is 5.00. The topological polar surface area (TPSA) is 86.2 Å². The number of rotatable bonds is 3. The molecule has 0 aliphatic carbocycles. The van der Waals surface area contributed by atoms with Crippen molar-refractivity contribution in [2.45, 2.75) is 20.3 Å². The van der Waals surface area contributed by atoms with Crippen LogP contribution >= 0.6 is 0 Å². The highest BCUT2D eigenvalue weighted by molar-refractivity contribution is 6.02. The normalized spacial score (nSPS) is 12.2. The highest BCUT2D eigenvalue weighted by atomic mass is 16.2. The molecule has 0 fully saturated rings. The molecule has 4 N–H and O–H groups in total. The van der Waals surface area contributed by atoms with Crippen LogP contribution in [0, 0.1) is 0 Å². The summed E-state index contributed by atoms with van der Waals surface area (Å²) >= 11 is 0. The van der Waals surface area contributed by atoms with Gasteiger partial charge in [0.05, 0.1) is 0 Å². The molecule has 11 heavy (non-hydrogen) atoms. The highest BCUT2D eigenvalue weighted by Gasteiger charge is 2.09. The van der Waals surface area contributed by atoms with Crippen LogP contribution < -0.4 is 11.5 Å². The minimum absolute atomic E-state index is 0.250. The van der Waals surface area contributed by atoms with Crippen LogP contribution in [-0.2, 0) is 9.59 Å². The minimum atomic E-state index is -0.597. The number of carbonyl (C=O) groups excluding carboxylic acids is 2. The van der Waals surface area contributed by atoms with Crippen LogP contribution in [0.2, 0.25) is 0 Å². The maximum absolute atomic E-state index is 10.6. The monoisotopic (exact) mass is 156 g/mol. The van der Waals surface area contributed by atoms with E-state index in [4.69, 9.17) is 11.5 Å². The molecule has 0 bridgehead atoms. The van der Waals surface area contributed by atoms with Gasteiger partial charge in [-0.05, 0) is 13.3 Å². The zero-order chi connectivity index (χ0) is 9.02. The van der Waals surface area contributed by atoms with Crippen LogP contribution in [0.1, 0.15) is 20.3 Å². The summed E-state index contributed by atoms with van der Waals surface area (Å²) < 4.78 is 0. The van der Waals surface area contributed by atoms with E-state index in [1.165, 1.54) is 6.92 Å². The Morgan fingerprint density at radius 1 is 1.18 bits per heavy atom. The first-order valence-electron chi connectivity index (χ1n) is 3.30. The van der Waals surface area contributed by atoms with E-state index in [0.717, 1.165) is 0 Å². The van der Waals surface area contributed by atoms with Gasteiger partial charge in [-0.3, -0.25) is 9.59 Å². The maximum atomic E-state index is 10.6. The highest BCUT2D eigenvalue weighted by Crippen LogP contribution is 2.06. The summed E-state index contributed by atoms with van der Waals surface area (Å²) in [4.78, 5) is 21.2. The lowest BCUT2D eigenvalue weighted by atomic mass is 10.1. The summed E-state index contributed by atoms with van der Waals surface area (Å²) in [6, 6.07) is 0. The molecule has 0 aromatic carbocycles. The molecular formula is C7H12N2O2. The molecule has 0 aromatic rings. The molecule has 0 aliphatic rings. The van der Waals surface area contributed by atoms with Crippen molar-refractivity contribution in [2.75, 3.05) is 0 Å². The lowest BCUT2D eigenvalue weighted by molar-refractivity contribution is -0.117. The Kier molecular flexibility index (Phi) is 3.30. The van der Waals surface area contributed by atoms with E-state index in [-0.39, 0.29) is 5.57 Å². The van der Waals surface area contributed by atoms with Gasteiger partial charge in [-0.25, -0.2) is 0 Å². The van der Waals surface area contributed by atoms with Crippen molar-refractivity contribution in [3.63, 3.8) is 0 Å². The van der Waals surface area contributed by atoms with Crippen molar-refractivity contribution in [3.05, 3.63) is 11.1 Å². The van der Waals surface area contributed by atoms with Crippen LogP contribution in [-0.4, -0.2) is 11.8 Å². The van der Waals surface area contributed by atoms with Crippen molar-refractivity contribution >= 4 is 11.8 Å². The van der Waals surface area contributed by atoms with Crippen molar-refractivity contribution in [1.82, 2.24) is 0 Å². The van der Waals surface area contributed by atoms with E-state index in [2.05, 4.69) is 0 Å². The second kappa shape index (κ2) is 3.75. The molecule has 0 atom stereocenters. The minimum Gasteiger partial charge on any atom is -0.366 e. The van der Waals surface area contributed by atoms with E-state index in [0.29, 0.717) is 12.0 Å². The summed E-state index contributed by atoms with van der Waals surface area (Å²) in [5, 5.41) is 0. The van der Waals surface area contributed by atoms with Gasteiger partial charge in [0.15, 0.2) is 0 Å². The first-order valence-corrected chi connectivity index (χ1v) is 3.30. The molecule has 0 spiro atoms. The number of primary amides is 2. The number of hydrogen-bond acceptors (Lipinski definition) is 2. The molecule has 62 valence electrons. The molecule has 4 nitrogen and oxygen atoms in total. The van der Waals surface area contributed by atoms with Gasteiger partial charge in [0.25, 0.3) is 0 Å². The van der Waals surface area contributed by atoms with Crippen LogP contribution in [0.15, 0.2) is 11.1 Å². The predicted octanol–water partition coefficient (Wildman–Crippen LogP) is -0.317. The van der Waals surface area contributed by atoms with Gasteiger partial charge in [0.2, 0.25) is 11.8 Å². The van der Waals surface area contributed by atoms with Gasteiger partial charge in [-0.1, -0.05) is 6.92 Å². The van der Waals surface area contributed by atoms with Crippen LogP contribution in [0.25, 0.3) is 0 Å². The fraction of sp³-hybridized carbons (Fsp3) is 0.429. The van der Waals surface area contributed by atoms with Gasteiger partial charge in [-0.2, -0.15) is 0 Å². The SMILES string of the molecule is CC/C(C(N)=O)=C(\C)C(N)=O. The van der Waals surface area contributed by atoms with Crippen LogP contribution in [0.3, 0.4) is 0 Å². The molecule has 0 unspecified atom stereocenters. The number of amides is 2. The van der Waals surface area contributed by atoms with Crippen molar-refractivity contribution in [1.29, 1.82) is 0 Å². The number of nitrogens with two attached hydrogens (primary N) is 2. The summed E-state index contributed by atoms with van der Waals surface area (Å²) in [6.07, 6.45) is 0.435. The van der Waals surface area contributed by atoms with E-state index in [9.17, 15) is 9.59 Å². The van der Waals surface area contributed by atoms with Gasteiger partial charge in [0, 0.05) is 11.1 Å². The molecule has 0 aliphatic heterocycles. The van der Waals surface area contributed by atoms with E-state index < -0.39 is 11.8 Å². The molecule has 2 amide bonds. The molecule has 0 aromatic heterocycles. The first kappa shape index (κ1) is 9.68. The zero-order valence-corrected chi connectivity index (χ0v) is 6.68. The van der Waals surface area contributed by atoms with Crippen LogP contribution in [0.5, 0.6) is 0 Å². The molecule has 0 saturated heterocycles. The lowest BCUT2D eigenvalue weighted by Gasteiger charge is -2.01. The predicted molar refractivity (Wildman–Crippen MR) is 41.4 cm³/mol. The second-order valence-corrected chi connectivity index (χ2v) is 2.19. The smallest absolute Gasteiger partial charge is 0.245 e. The maximum Gasteiger partial charge on any atom is 0.245 e. The van der Waals surface area contributed by atoms with Crippen molar-refractivity contribution < 1.29 is 9.59 Å². The van der Waals surface area contributed by atoms with E-state index >= 15 is 0 Å². The molecular weight excluding hydrogens is 144 g/mol. The van der Waals surface area contributed by atoms with Crippen LogP contribution in [0.4, 0.5) is 0 Å². The molecule has 4 heteroatoms. The Balaban J connectivity index is 4.83. The second-order valence-electron chi connectivity index (χ2n) is 2.19. The van der Waals surface area contributed by atoms with Crippen molar-refractivity contribution in [3.8, 4) is 0 Å². The molecule has 0 radical (unpaired) electrons. The van der Waals surface area contributed by atoms with E-state index in [1.54, 1.807) is 6.92 Å². The zero-order valence-electron chi connectivity index (χ0n) is 6.68. The summed E-state index contributed by atoms with van der Waals surface area (Å²) in [6.45, 7) is 3.23. The lowest BCUT2D eigenvalue weighted by Crippen LogP contribution is -2.21. The Hall–Kier alpha value is -1.32. The summed E-state index contributed by atoms with van der Waals surface area (Å²) in [5.74, 6) is -1.18. The summed E-state index contributed by atoms with van der Waals surface area (Å²) in [7, 11) is 0. The van der Waals surface area contributed by atoms with Gasteiger partial charge in [0.1, 0.15) is 0 Å². The summed E-state index contributed by atoms with van der Waals surface area (Å²) in [5.41, 5.74) is 10.5. The fourth-order valence-corrected chi connectivity index (χ4v) is 0.773. The molecule has 0 saturated carbocycles. The third-order valence-electron chi connectivity index (χ3n) is 1.47. The third kappa shape index (κ3) is 2.41. The van der Waals surface area contributed by atoms with Crippen molar-refractivity contribution in [2.24, 2.45) is 11.5 Å². The van der Waals surface area contributed by atoms with Gasteiger partial charge >= 0.3 is 0 Å². The average molecular weight is 156 g/mol. The van der Waals surface area contributed by atoms with Gasteiger partial charge < -0.3 is 11.5 Å². The third-order valence-corrected chi connectivity index (χ3v) is 1.47. The molecule has 0 rings (SSSR count). The standard InChI is InChI=1S/C7H12N2O2/c1-3-5(7(9)11)4(2)6(8)10/h3H2,1-2H3,(H2,8,10)(H2,9,11)/b5-4-. The van der Waals surface area contributed by atoms with E-state index in [1.807, 2.05) is 0 Å². The number of carbonyl (C=O) groups is 2. The largest absolute Gasteiger partial charge is 0.366 e. The van der Waals surface area contributed by atoms with Gasteiger partial charge in [-0.15, -0.1) is 0 Å². The fourth-order valence-electron chi connectivity index (χ4n) is 0.773.